The lowest BCUT2D eigenvalue weighted by Gasteiger charge is -2.17. The van der Waals surface area contributed by atoms with Crippen molar-refractivity contribution in [3.05, 3.63) is 53.6 Å². The first-order valence-corrected chi connectivity index (χ1v) is 12.2. The third-order valence-corrected chi connectivity index (χ3v) is 7.75. The molecule has 2 aliphatic carbocycles. The van der Waals surface area contributed by atoms with Gasteiger partial charge in [0.25, 0.3) is 0 Å². The van der Waals surface area contributed by atoms with Crippen LogP contribution in [0, 0.1) is 0 Å². The highest BCUT2D eigenvalue weighted by Crippen LogP contribution is 2.33. The largest absolute Gasteiger partial charge is 0.348 e. The Hall–Kier alpha value is -2.78. The summed E-state index contributed by atoms with van der Waals surface area (Å²) >= 11 is 0. The van der Waals surface area contributed by atoms with E-state index in [1.807, 2.05) is 30.3 Å². The summed E-state index contributed by atoms with van der Waals surface area (Å²) in [7, 11) is -3.57. The van der Waals surface area contributed by atoms with Crippen LogP contribution in [0.4, 0.5) is 0 Å². The number of sulfonamides is 1. The molecule has 2 N–H and O–H groups in total. The normalized spacial score (nSPS) is 19.0. The third kappa shape index (κ3) is 4.07. The van der Waals surface area contributed by atoms with Crippen molar-refractivity contribution < 1.29 is 13.2 Å². The van der Waals surface area contributed by atoms with Gasteiger partial charge in [0, 0.05) is 6.04 Å². The molecule has 1 atom stereocenters. The zero-order chi connectivity index (χ0) is 21.4. The molecule has 0 bridgehead atoms. The number of nitrogens with zero attached hydrogens (tertiary/aromatic N) is 3. The topological polar surface area (TPSA) is 106 Å². The average molecular weight is 440 g/mol. The Morgan fingerprint density at radius 1 is 1.10 bits per heavy atom. The van der Waals surface area contributed by atoms with Gasteiger partial charge in [-0.25, -0.2) is 17.8 Å². The molecule has 0 spiro atoms. The van der Waals surface area contributed by atoms with Gasteiger partial charge in [0.2, 0.25) is 15.9 Å². The Kier molecular flexibility index (Phi) is 5.23. The molecule has 5 rings (SSSR count). The van der Waals surface area contributed by atoms with E-state index in [0.29, 0.717) is 0 Å². The van der Waals surface area contributed by atoms with E-state index >= 15 is 0 Å². The van der Waals surface area contributed by atoms with Gasteiger partial charge in [0.15, 0.2) is 0 Å². The molecular formula is C22H25N5O3S. The summed E-state index contributed by atoms with van der Waals surface area (Å²) in [6.07, 6.45) is 5.46. The van der Waals surface area contributed by atoms with Crippen molar-refractivity contribution in [3.8, 4) is 0 Å². The molecule has 0 aliphatic heterocycles. The number of amides is 1. The maximum atomic E-state index is 12.8. The lowest BCUT2D eigenvalue weighted by molar-refractivity contribution is -0.122. The van der Waals surface area contributed by atoms with Crippen LogP contribution in [-0.2, 0) is 27.8 Å². The van der Waals surface area contributed by atoms with Crippen LogP contribution in [0.15, 0.2) is 47.4 Å². The number of carbonyl (C=O) groups is 1. The minimum atomic E-state index is -3.57. The number of benzene rings is 2. The molecule has 2 aromatic carbocycles. The van der Waals surface area contributed by atoms with E-state index in [-0.39, 0.29) is 29.4 Å². The van der Waals surface area contributed by atoms with Gasteiger partial charge in [-0.2, -0.15) is 0 Å². The second-order valence-electron chi connectivity index (χ2n) is 8.36. The highest BCUT2D eigenvalue weighted by Gasteiger charge is 2.28. The summed E-state index contributed by atoms with van der Waals surface area (Å²) in [5.74, 6) is -0.175. The molecular weight excluding hydrogens is 414 g/mol. The van der Waals surface area contributed by atoms with Crippen LogP contribution in [0.1, 0.15) is 49.3 Å². The molecule has 0 radical (unpaired) electrons. The molecule has 1 amide bonds. The van der Waals surface area contributed by atoms with Crippen molar-refractivity contribution in [3.63, 3.8) is 0 Å². The maximum Gasteiger partial charge on any atom is 0.242 e. The minimum Gasteiger partial charge on any atom is -0.348 e. The molecule has 9 heteroatoms. The Morgan fingerprint density at radius 2 is 1.90 bits per heavy atom. The van der Waals surface area contributed by atoms with Crippen LogP contribution >= 0.6 is 0 Å². The molecule has 2 aliphatic rings. The van der Waals surface area contributed by atoms with Crippen molar-refractivity contribution in [2.24, 2.45) is 0 Å². The fourth-order valence-corrected chi connectivity index (χ4v) is 5.98. The van der Waals surface area contributed by atoms with E-state index in [2.05, 4.69) is 20.4 Å². The first kappa shape index (κ1) is 20.1. The smallest absolute Gasteiger partial charge is 0.242 e. The number of rotatable bonds is 6. The Labute approximate surface area is 181 Å². The van der Waals surface area contributed by atoms with E-state index < -0.39 is 10.0 Å². The fraction of sp³-hybridized carbons (Fsp3) is 0.409. The fourth-order valence-electron chi connectivity index (χ4n) is 4.64. The SMILES string of the molecule is O=C(Cn1nnc2ccccc21)N[C@H]1CCc2ccc(S(=O)(=O)NC3CCCC3)cc21. The summed E-state index contributed by atoms with van der Waals surface area (Å²) in [5.41, 5.74) is 3.50. The van der Waals surface area contributed by atoms with Gasteiger partial charge in [-0.15, -0.1) is 5.10 Å². The lowest BCUT2D eigenvalue weighted by Crippen LogP contribution is -2.33. The lowest BCUT2D eigenvalue weighted by atomic mass is 10.1. The Bertz CT molecular complexity index is 1230. The highest BCUT2D eigenvalue weighted by molar-refractivity contribution is 7.89. The van der Waals surface area contributed by atoms with E-state index in [1.165, 1.54) is 0 Å². The zero-order valence-corrected chi connectivity index (χ0v) is 17.9. The van der Waals surface area contributed by atoms with Gasteiger partial charge in [-0.3, -0.25) is 4.79 Å². The number of carbonyl (C=O) groups excluding carboxylic acids is 1. The zero-order valence-electron chi connectivity index (χ0n) is 17.1. The van der Waals surface area contributed by atoms with Gasteiger partial charge in [-0.05, 0) is 61.1 Å². The molecule has 8 nitrogen and oxygen atoms in total. The van der Waals surface area contributed by atoms with Gasteiger partial charge in [0.1, 0.15) is 12.1 Å². The van der Waals surface area contributed by atoms with Crippen molar-refractivity contribution in [1.82, 2.24) is 25.0 Å². The van der Waals surface area contributed by atoms with E-state index in [4.69, 9.17) is 0 Å². The van der Waals surface area contributed by atoms with Gasteiger partial charge < -0.3 is 5.32 Å². The summed E-state index contributed by atoms with van der Waals surface area (Å²) < 4.78 is 30.1. The van der Waals surface area contributed by atoms with Gasteiger partial charge in [-0.1, -0.05) is 36.3 Å². The number of hydrogen-bond donors (Lipinski definition) is 2. The molecule has 162 valence electrons. The van der Waals surface area contributed by atoms with E-state index in [9.17, 15) is 13.2 Å². The summed E-state index contributed by atoms with van der Waals surface area (Å²) in [5, 5.41) is 11.2. The van der Waals surface area contributed by atoms with E-state index in [1.54, 1.807) is 16.8 Å². The minimum absolute atomic E-state index is 0.0197. The molecule has 1 heterocycles. The van der Waals surface area contributed by atoms with Crippen molar-refractivity contribution >= 4 is 27.0 Å². The third-order valence-electron chi connectivity index (χ3n) is 6.23. The molecule has 0 saturated heterocycles. The first-order chi connectivity index (χ1) is 15.0. The van der Waals surface area contributed by atoms with Gasteiger partial charge >= 0.3 is 0 Å². The maximum absolute atomic E-state index is 12.8. The Morgan fingerprint density at radius 3 is 2.74 bits per heavy atom. The van der Waals surface area contributed by atoms with Crippen LogP contribution in [0.3, 0.4) is 0 Å². The average Bonchev–Trinajstić information content (AvgIpc) is 3.49. The number of aromatic nitrogens is 3. The molecule has 1 aromatic heterocycles. The second-order valence-corrected chi connectivity index (χ2v) is 10.1. The highest BCUT2D eigenvalue weighted by atomic mass is 32.2. The number of aryl methyl sites for hydroxylation is 1. The number of hydrogen-bond acceptors (Lipinski definition) is 5. The molecule has 31 heavy (non-hydrogen) atoms. The predicted octanol–water partition coefficient (Wildman–Crippen LogP) is 2.46. The van der Waals surface area contributed by atoms with Crippen LogP contribution in [0.5, 0.6) is 0 Å². The van der Waals surface area contributed by atoms with E-state index in [0.717, 1.165) is 60.7 Å². The van der Waals surface area contributed by atoms with Crippen molar-refractivity contribution in [2.75, 3.05) is 0 Å². The molecule has 0 unspecified atom stereocenters. The molecule has 3 aromatic rings. The quantitative estimate of drug-likeness (QED) is 0.614. The Balaban J connectivity index is 1.31. The van der Waals surface area contributed by atoms with Crippen molar-refractivity contribution in [2.45, 2.75) is 62.0 Å². The van der Waals surface area contributed by atoms with Crippen LogP contribution in [-0.4, -0.2) is 35.4 Å². The monoisotopic (exact) mass is 439 g/mol. The van der Waals surface area contributed by atoms with Crippen LogP contribution < -0.4 is 10.0 Å². The van der Waals surface area contributed by atoms with Gasteiger partial charge in [0.05, 0.1) is 16.5 Å². The number of fused-ring (bicyclic) bond motifs is 2. The molecule has 1 fully saturated rings. The molecule has 1 saturated carbocycles. The van der Waals surface area contributed by atoms with Crippen molar-refractivity contribution in [1.29, 1.82) is 0 Å². The second kappa shape index (κ2) is 8.05. The summed E-state index contributed by atoms with van der Waals surface area (Å²) in [6.45, 7) is 0.0631. The predicted molar refractivity (Wildman–Crippen MR) is 116 cm³/mol. The van der Waals surface area contributed by atoms with Crippen LogP contribution in [0.25, 0.3) is 11.0 Å². The summed E-state index contributed by atoms with van der Waals surface area (Å²) in [6, 6.07) is 12.6. The standard InChI is InChI=1S/C22H25N5O3S/c28-22(14-27-21-8-4-3-7-20(21)24-26-27)23-19-12-10-15-9-11-17(13-18(15)19)31(29,30)25-16-5-1-2-6-16/h3-4,7-9,11,13,16,19,25H,1-2,5-6,10,12,14H2,(H,23,28)/t19-/m0/s1. The van der Waals surface area contributed by atoms with Crippen LogP contribution in [0.2, 0.25) is 0 Å². The number of nitrogens with one attached hydrogen (secondary N) is 2. The summed E-state index contributed by atoms with van der Waals surface area (Å²) in [4.78, 5) is 13.0. The first-order valence-electron chi connectivity index (χ1n) is 10.7. The number of para-hydroxylation sites is 1.